The van der Waals surface area contributed by atoms with Crippen molar-refractivity contribution in [2.45, 2.75) is 25.5 Å². The van der Waals surface area contributed by atoms with Gasteiger partial charge in [-0.15, -0.1) is 0 Å². The Balaban J connectivity index is 0.00000338. The van der Waals surface area contributed by atoms with E-state index < -0.39 is 12.1 Å². The Morgan fingerprint density at radius 1 is 1.07 bits per heavy atom. The number of carbonyl (C=O) groups is 1. The molecule has 0 aliphatic heterocycles. The predicted molar refractivity (Wildman–Crippen MR) is 101 cm³/mol. The molecule has 8 N–H and O–H groups in total. The van der Waals surface area contributed by atoms with Gasteiger partial charge in [-0.2, -0.15) is 0 Å². The van der Waals surface area contributed by atoms with Gasteiger partial charge in [-0.05, 0) is 55.3 Å². The summed E-state index contributed by atoms with van der Waals surface area (Å²) in [5.41, 5.74) is 1.83. The maximum absolute atomic E-state index is 10.5. The first-order valence-electron chi connectivity index (χ1n) is 8.09. The van der Waals surface area contributed by atoms with Crippen LogP contribution in [0.15, 0.2) is 48.5 Å². The molecule has 2 atom stereocenters. The molecule has 8 nitrogen and oxygen atoms in total. The van der Waals surface area contributed by atoms with Crippen molar-refractivity contribution in [3.8, 4) is 11.5 Å². The van der Waals surface area contributed by atoms with Crippen LogP contribution in [0.25, 0.3) is 0 Å². The number of phenols is 1. The lowest BCUT2D eigenvalue weighted by Crippen LogP contribution is -2.33. The van der Waals surface area contributed by atoms with Crippen molar-refractivity contribution >= 4 is 5.97 Å². The van der Waals surface area contributed by atoms with Crippen molar-refractivity contribution in [3.63, 3.8) is 0 Å². The Hall–Kier alpha value is -2.65. The molecule has 0 bridgehead atoms. The number of hydrogen-bond acceptors (Lipinski definition) is 5. The average molecular weight is 381 g/mol. The lowest BCUT2D eigenvalue weighted by molar-refractivity contribution is -0.139. The van der Waals surface area contributed by atoms with Crippen LogP contribution in [-0.4, -0.2) is 51.4 Å². The van der Waals surface area contributed by atoms with E-state index in [9.17, 15) is 15.0 Å². The van der Waals surface area contributed by atoms with E-state index >= 15 is 0 Å². The minimum Gasteiger partial charge on any atom is -0.508 e. The molecular formula is C19H27NO7. The van der Waals surface area contributed by atoms with Gasteiger partial charge in [0.05, 0.1) is 6.10 Å². The standard InChI is InChI=1S/C19H23NO5.2H2O/c1-13(19(24)15-4-6-16(21)7-5-15)20-11-10-14-2-8-17(9-3-14)25-12-18(22)23;;/h2-9,13,19-21,24H,10-12H2,1H3,(H,22,23);2*1H2/t13-,19+;;/m0../s1. The van der Waals surface area contributed by atoms with Crippen LogP contribution in [0, 0.1) is 0 Å². The minimum atomic E-state index is -1.01. The zero-order valence-corrected chi connectivity index (χ0v) is 15.1. The van der Waals surface area contributed by atoms with Crippen molar-refractivity contribution in [1.29, 1.82) is 0 Å². The van der Waals surface area contributed by atoms with Gasteiger partial charge in [0.1, 0.15) is 11.5 Å². The van der Waals surface area contributed by atoms with Gasteiger partial charge in [-0.1, -0.05) is 24.3 Å². The summed E-state index contributed by atoms with van der Waals surface area (Å²) >= 11 is 0. The highest BCUT2D eigenvalue weighted by molar-refractivity contribution is 5.68. The summed E-state index contributed by atoms with van der Waals surface area (Å²) in [6.07, 6.45) is 0.110. The second-order valence-corrected chi connectivity index (χ2v) is 5.86. The van der Waals surface area contributed by atoms with E-state index in [0.29, 0.717) is 12.3 Å². The second kappa shape index (κ2) is 11.9. The molecule has 0 radical (unpaired) electrons. The first-order chi connectivity index (χ1) is 12.0. The smallest absolute Gasteiger partial charge is 0.341 e. The zero-order chi connectivity index (χ0) is 18.2. The van der Waals surface area contributed by atoms with E-state index in [1.807, 2.05) is 19.1 Å². The number of nitrogens with one attached hydrogen (secondary N) is 1. The Kier molecular flexibility index (Phi) is 10.7. The lowest BCUT2D eigenvalue weighted by Gasteiger charge is -2.20. The maximum atomic E-state index is 10.5. The number of hydrogen-bond donors (Lipinski definition) is 4. The predicted octanol–water partition coefficient (Wildman–Crippen LogP) is 0.460. The van der Waals surface area contributed by atoms with Crippen LogP contribution in [0.3, 0.4) is 0 Å². The normalized spacial score (nSPS) is 12.2. The van der Waals surface area contributed by atoms with Crippen molar-refractivity contribution in [2.75, 3.05) is 13.2 Å². The molecule has 0 amide bonds. The molecule has 8 heteroatoms. The summed E-state index contributed by atoms with van der Waals surface area (Å²) in [4.78, 5) is 10.5. The third kappa shape index (κ3) is 8.06. The lowest BCUT2D eigenvalue weighted by atomic mass is 10.0. The van der Waals surface area contributed by atoms with Gasteiger partial charge in [-0.3, -0.25) is 0 Å². The van der Waals surface area contributed by atoms with Gasteiger partial charge >= 0.3 is 5.97 Å². The minimum absolute atomic E-state index is 0. The molecule has 2 aromatic rings. The molecule has 0 heterocycles. The van der Waals surface area contributed by atoms with E-state index in [4.69, 9.17) is 9.84 Å². The fourth-order valence-electron chi connectivity index (χ4n) is 2.41. The monoisotopic (exact) mass is 381 g/mol. The number of rotatable bonds is 9. The fraction of sp³-hybridized carbons (Fsp3) is 0.316. The van der Waals surface area contributed by atoms with Crippen LogP contribution >= 0.6 is 0 Å². The molecule has 0 spiro atoms. The van der Waals surface area contributed by atoms with Crippen molar-refractivity contribution in [3.05, 3.63) is 59.7 Å². The number of carboxylic acids is 1. The summed E-state index contributed by atoms with van der Waals surface area (Å²) in [5.74, 6) is -0.308. The first-order valence-corrected chi connectivity index (χ1v) is 8.09. The van der Waals surface area contributed by atoms with E-state index in [2.05, 4.69) is 5.32 Å². The number of carboxylic acid groups (broad SMARTS) is 1. The van der Waals surface area contributed by atoms with Crippen LogP contribution in [0.5, 0.6) is 11.5 Å². The highest BCUT2D eigenvalue weighted by Crippen LogP contribution is 2.19. The number of aliphatic carboxylic acids is 1. The van der Waals surface area contributed by atoms with Crippen molar-refractivity contribution in [1.82, 2.24) is 5.32 Å². The fourth-order valence-corrected chi connectivity index (χ4v) is 2.41. The van der Waals surface area contributed by atoms with Gasteiger partial charge in [-0.25, -0.2) is 4.79 Å². The molecule has 2 rings (SSSR count). The van der Waals surface area contributed by atoms with Gasteiger partial charge in [0.25, 0.3) is 0 Å². The van der Waals surface area contributed by atoms with E-state index in [1.165, 1.54) is 0 Å². The number of aromatic hydroxyl groups is 1. The summed E-state index contributed by atoms with van der Waals surface area (Å²) < 4.78 is 5.09. The highest BCUT2D eigenvalue weighted by atomic mass is 16.5. The summed E-state index contributed by atoms with van der Waals surface area (Å²) in [6.45, 7) is 2.24. The summed E-state index contributed by atoms with van der Waals surface area (Å²) in [5, 5.41) is 31.4. The Morgan fingerprint density at radius 3 is 2.22 bits per heavy atom. The Labute approximate surface area is 157 Å². The Bertz CT molecular complexity index is 673. The summed E-state index contributed by atoms with van der Waals surface area (Å²) in [6, 6.07) is 13.6. The number of ether oxygens (including phenoxy) is 1. The maximum Gasteiger partial charge on any atom is 0.341 e. The number of phenolic OH excluding ortho intramolecular Hbond substituents is 1. The SMILES string of the molecule is C[C@H](NCCc1ccc(OCC(=O)O)cc1)[C@@H](O)c1ccc(O)cc1.O.O. The molecule has 0 aliphatic carbocycles. The van der Waals surface area contributed by atoms with Gasteiger partial charge in [0.15, 0.2) is 6.61 Å². The molecule has 0 saturated carbocycles. The second-order valence-electron chi connectivity index (χ2n) is 5.86. The number of aliphatic hydroxyl groups excluding tert-OH is 1. The molecule has 0 unspecified atom stereocenters. The zero-order valence-electron chi connectivity index (χ0n) is 15.1. The van der Waals surface area contributed by atoms with Crippen LogP contribution in [0.1, 0.15) is 24.2 Å². The molecule has 150 valence electrons. The van der Waals surface area contributed by atoms with Gasteiger partial charge in [0.2, 0.25) is 0 Å². The largest absolute Gasteiger partial charge is 0.508 e. The third-order valence-electron chi connectivity index (χ3n) is 3.87. The molecule has 27 heavy (non-hydrogen) atoms. The van der Waals surface area contributed by atoms with Crippen LogP contribution in [0.2, 0.25) is 0 Å². The van der Waals surface area contributed by atoms with Gasteiger partial charge < -0.3 is 36.3 Å². The van der Waals surface area contributed by atoms with E-state index in [-0.39, 0.29) is 29.4 Å². The molecule has 0 saturated heterocycles. The van der Waals surface area contributed by atoms with E-state index in [1.54, 1.807) is 36.4 Å². The van der Waals surface area contributed by atoms with Crippen molar-refractivity contribution < 1.29 is 35.8 Å². The molecular weight excluding hydrogens is 354 g/mol. The van der Waals surface area contributed by atoms with Crippen LogP contribution < -0.4 is 10.1 Å². The quantitative estimate of drug-likeness (QED) is 0.493. The Morgan fingerprint density at radius 2 is 1.67 bits per heavy atom. The van der Waals surface area contributed by atoms with E-state index in [0.717, 1.165) is 17.5 Å². The molecule has 2 aromatic carbocycles. The average Bonchev–Trinajstić information content (AvgIpc) is 2.61. The third-order valence-corrected chi connectivity index (χ3v) is 3.87. The van der Waals surface area contributed by atoms with Gasteiger partial charge in [0, 0.05) is 6.04 Å². The summed E-state index contributed by atoms with van der Waals surface area (Å²) in [7, 11) is 0. The molecule has 0 fully saturated rings. The number of benzene rings is 2. The first kappa shape index (κ1) is 24.4. The van der Waals surface area contributed by atoms with Crippen LogP contribution in [0.4, 0.5) is 0 Å². The molecule has 0 aromatic heterocycles. The van der Waals surface area contributed by atoms with Crippen LogP contribution in [-0.2, 0) is 11.2 Å². The topological polar surface area (TPSA) is 162 Å². The highest BCUT2D eigenvalue weighted by Gasteiger charge is 2.15. The van der Waals surface area contributed by atoms with Crippen molar-refractivity contribution in [2.24, 2.45) is 0 Å². The number of aliphatic hydroxyl groups is 1. The molecule has 0 aliphatic rings.